The third-order valence-corrected chi connectivity index (χ3v) is 6.53. The highest BCUT2D eigenvalue weighted by Crippen LogP contribution is 2.40. The van der Waals surface area contributed by atoms with Crippen molar-refractivity contribution >= 4 is 17.6 Å². The van der Waals surface area contributed by atoms with E-state index >= 15 is 0 Å². The molecule has 1 aromatic rings. The van der Waals surface area contributed by atoms with Gasteiger partial charge >= 0.3 is 0 Å². The molecule has 0 spiro atoms. The molecule has 6 heteroatoms. The van der Waals surface area contributed by atoms with Crippen LogP contribution >= 0.6 is 0 Å². The van der Waals surface area contributed by atoms with Gasteiger partial charge in [0.1, 0.15) is 0 Å². The van der Waals surface area contributed by atoms with E-state index in [1.807, 2.05) is 11.9 Å². The standard InChI is InChI=1S/C24H38N4O2/c1-3-30-17-15-24(13-5-6-14-24)19-27-23(25-2)26-18-20-9-11-21(12-10-20)28-16-7-4-8-22(28)29/h9-12H,3-8,13-19H2,1-2H3,(H2,25,26,27). The molecule has 1 heterocycles. The van der Waals surface area contributed by atoms with Gasteiger partial charge in [0.2, 0.25) is 5.91 Å². The minimum atomic E-state index is 0.238. The number of rotatable bonds is 9. The number of hydrogen-bond donors (Lipinski definition) is 2. The van der Waals surface area contributed by atoms with E-state index in [9.17, 15) is 4.79 Å². The lowest BCUT2D eigenvalue weighted by atomic mass is 9.83. The molecule has 3 rings (SSSR count). The fourth-order valence-electron chi connectivity index (χ4n) is 4.62. The summed E-state index contributed by atoms with van der Waals surface area (Å²) in [6, 6.07) is 8.30. The second kappa shape index (κ2) is 11.3. The van der Waals surface area contributed by atoms with Crippen molar-refractivity contribution in [3.8, 4) is 0 Å². The van der Waals surface area contributed by atoms with Gasteiger partial charge in [0.25, 0.3) is 0 Å². The van der Waals surface area contributed by atoms with Crippen LogP contribution in [0.1, 0.15) is 63.9 Å². The highest BCUT2D eigenvalue weighted by Gasteiger charge is 2.33. The summed E-state index contributed by atoms with van der Waals surface area (Å²) in [6.07, 6.45) is 9.03. The molecule has 0 bridgehead atoms. The Morgan fingerprint density at radius 1 is 1.13 bits per heavy atom. The molecule has 0 unspecified atom stereocenters. The largest absolute Gasteiger partial charge is 0.382 e. The maximum Gasteiger partial charge on any atom is 0.226 e. The molecule has 0 radical (unpaired) electrons. The number of anilines is 1. The minimum absolute atomic E-state index is 0.238. The number of aliphatic imine (C=N–C) groups is 1. The first-order valence-corrected chi connectivity index (χ1v) is 11.6. The second-order valence-corrected chi connectivity index (χ2v) is 8.60. The highest BCUT2D eigenvalue weighted by atomic mass is 16.5. The quantitative estimate of drug-likeness (QED) is 0.366. The van der Waals surface area contributed by atoms with Crippen molar-refractivity contribution in [3.05, 3.63) is 29.8 Å². The summed E-state index contributed by atoms with van der Waals surface area (Å²) >= 11 is 0. The molecule has 0 aromatic heterocycles. The lowest BCUT2D eigenvalue weighted by Gasteiger charge is -2.30. The Kier molecular flexibility index (Phi) is 8.55. The summed E-state index contributed by atoms with van der Waals surface area (Å²) in [5.74, 6) is 1.08. The first-order valence-electron chi connectivity index (χ1n) is 11.6. The summed E-state index contributed by atoms with van der Waals surface area (Å²) in [6.45, 7) is 6.17. The molecule has 2 aliphatic rings. The lowest BCUT2D eigenvalue weighted by molar-refractivity contribution is -0.119. The van der Waals surface area contributed by atoms with E-state index in [-0.39, 0.29) is 5.91 Å². The molecule has 6 nitrogen and oxygen atoms in total. The van der Waals surface area contributed by atoms with Crippen molar-refractivity contribution in [1.29, 1.82) is 0 Å². The Balaban J connectivity index is 1.48. The van der Waals surface area contributed by atoms with E-state index in [0.717, 1.165) is 57.2 Å². The normalized spacial score (nSPS) is 19.2. The fraction of sp³-hybridized carbons (Fsp3) is 0.667. The molecule has 0 atom stereocenters. The van der Waals surface area contributed by atoms with Crippen molar-refractivity contribution in [2.75, 3.05) is 38.3 Å². The molecular weight excluding hydrogens is 376 g/mol. The van der Waals surface area contributed by atoms with Crippen LogP contribution in [-0.2, 0) is 16.1 Å². The summed E-state index contributed by atoms with van der Waals surface area (Å²) < 4.78 is 5.62. The van der Waals surface area contributed by atoms with Crippen LogP contribution in [0, 0.1) is 5.41 Å². The van der Waals surface area contributed by atoms with Crippen molar-refractivity contribution in [2.24, 2.45) is 10.4 Å². The number of benzene rings is 1. The second-order valence-electron chi connectivity index (χ2n) is 8.60. The Hall–Kier alpha value is -2.08. The third kappa shape index (κ3) is 6.21. The first kappa shape index (κ1) is 22.6. The predicted molar refractivity (Wildman–Crippen MR) is 123 cm³/mol. The molecular formula is C24H38N4O2. The van der Waals surface area contributed by atoms with Crippen LogP contribution in [-0.4, -0.2) is 45.2 Å². The number of piperidine rings is 1. The van der Waals surface area contributed by atoms with Gasteiger partial charge in [-0.15, -0.1) is 0 Å². The smallest absolute Gasteiger partial charge is 0.226 e. The maximum absolute atomic E-state index is 12.1. The monoisotopic (exact) mass is 414 g/mol. The molecule has 166 valence electrons. The maximum atomic E-state index is 12.1. The molecule has 2 fully saturated rings. The zero-order valence-corrected chi connectivity index (χ0v) is 18.7. The van der Waals surface area contributed by atoms with E-state index < -0.39 is 0 Å². The van der Waals surface area contributed by atoms with Crippen molar-refractivity contribution in [2.45, 2.75) is 64.8 Å². The van der Waals surface area contributed by atoms with Gasteiger partial charge in [0.15, 0.2) is 5.96 Å². The van der Waals surface area contributed by atoms with Gasteiger partial charge < -0.3 is 20.3 Å². The van der Waals surface area contributed by atoms with E-state index in [0.29, 0.717) is 18.4 Å². The molecule has 1 aliphatic heterocycles. The molecule has 1 aliphatic carbocycles. The first-order chi connectivity index (χ1) is 14.7. The zero-order valence-electron chi connectivity index (χ0n) is 18.7. The van der Waals surface area contributed by atoms with Crippen LogP contribution in [0.3, 0.4) is 0 Å². The van der Waals surface area contributed by atoms with E-state index in [1.165, 1.54) is 31.2 Å². The average molecular weight is 415 g/mol. The Bertz CT molecular complexity index is 696. The Labute approximate surface area is 181 Å². The Morgan fingerprint density at radius 3 is 2.57 bits per heavy atom. The number of hydrogen-bond acceptors (Lipinski definition) is 3. The molecule has 30 heavy (non-hydrogen) atoms. The summed E-state index contributed by atoms with van der Waals surface area (Å²) in [5, 5.41) is 6.98. The fourth-order valence-corrected chi connectivity index (χ4v) is 4.62. The number of nitrogens with zero attached hydrogens (tertiary/aromatic N) is 2. The molecule has 1 amide bonds. The van der Waals surface area contributed by atoms with E-state index in [4.69, 9.17) is 4.74 Å². The van der Waals surface area contributed by atoms with Gasteiger partial charge in [-0.2, -0.15) is 0 Å². The van der Waals surface area contributed by atoms with Crippen molar-refractivity contribution < 1.29 is 9.53 Å². The number of guanidine groups is 1. The number of carbonyl (C=O) groups excluding carboxylic acids is 1. The van der Waals surface area contributed by atoms with Crippen molar-refractivity contribution in [1.82, 2.24) is 10.6 Å². The average Bonchev–Trinajstić information content (AvgIpc) is 3.24. The van der Waals surface area contributed by atoms with Crippen molar-refractivity contribution in [3.63, 3.8) is 0 Å². The SMILES string of the molecule is CCOCCC1(CNC(=NC)NCc2ccc(N3CCCCC3=O)cc2)CCCC1. The van der Waals surface area contributed by atoms with Crippen LogP contribution in [0.4, 0.5) is 5.69 Å². The lowest BCUT2D eigenvalue weighted by Crippen LogP contribution is -2.43. The van der Waals surface area contributed by atoms with Gasteiger partial charge in [0, 0.05) is 52.0 Å². The van der Waals surface area contributed by atoms with Crippen LogP contribution in [0.2, 0.25) is 0 Å². The predicted octanol–water partition coefficient (Wildman–Crippen LogP) is 3.86. The van der Waals surface area contributed by atoms with Crippen LogP contribution in [0.15, 0.2) is 29.3 Å². The summed E-state index contributed by atoms with van der Waals surface area (Å²) in [5.41, 5.74) is 2.51. The number of carbonyl (C=O) groups is 1. The van der Waals surface area contributed by atoms with Gasteiger partial charge in [0.05, 0.1) is 0 Å². The topological polar surface area (TPSA) is 66.0 Å². The number of ether oxygens (including phenoxy) is 1. The van der Waals surface area contributed by atoms with Gasteiger partial charge in [-0.25, -0.2) is 0 Å². The van der Waals surface area contributed by atoms with E-state index in [2.05, 4.69) is 46.8 Å². The van der Waals surface area contributed by atoms with Gasteiger partial charge in [-0.3, -0.25) is 9.79 Å². The van der Waals surface area contributed by atoms with Gasteiger partial charge in [-0.1, -0.05) is 25.0 Å². The number of amides is 1. The summed E-state index contributed by atoms with van der Waals surface area (Å²) in [7, 11) is 1.82. The highest BCUT2D eigenvalue weighted by molar-refractivity contribution is 5.93. The molecule has 1 saturated heterocycles. The zero-order chi connectivity index (χ0) is 21.2. The van der Waals surface area contributed by atoms with Crippen LogP contribution in [0.25, 0.3) is 0 Å². The minimum Gasteiger partial charge on any atom is -0.382 e. The summed E-state index contributed by atoms with van der Waals surface area (Å²) in [4.78, 5) is 18.4. The number of nitrogens with one attached hydrogen (secondary N) is 2. The third-order valence-electron chi connectivity index (χ3n) is 6.53. The molecule has 2 N–H and O–H groups in total. The van der Waals surface area contributed by atoms with E-state index in [1.54, 1.807) is 0 Å². The Morgan fingerprint density at radius 2 is 1.90 bits per heavy atom. The van der Waals surface area contributed by atoms with Crippen LogP contribution in [0.5, 0.6) is 0 Å². The molecule has 1 saturated carbocycles. The molecule has 1 aromatic carbocycles. The van der Waals surface area contributed by atoms with Gasteiger partial charge in [-0.05, 0) is 62.1 Å². The van der Waals surface area contributed by atoms with Crippen LogP contribution < -0.4 is 15.5 Å².